The van der Waals surface area contributed by atoms with Gasteiger partial charge in [0, 0.05) is 18.9 Å². The van der Waals surface area contributed by atoms with Crippen LogP contribution >= 0.6 is 0 Å². The van der Waals surface area contributed by atoms with Crippen LogP contribution in [0.5, 0.6) is 0 Å². The molecule has 0 aliphatic carbocycles. The molecule has 0 N–H and O–H groups in total. The molecule has 0 amide bonds. The summed E-state index contributed by atoms with van der Waals surface area (Å²) in [5.74, 6) is -0.333. The Balaban J connectivity index is 3.00. The zero-order chi connectivity index (χ0) is 9.23. The maximum Gasteiger partial charge on any atom is 0.330 e. The van der Waals surface area contributed by atoms with Gasteiger partial charge in [-0.05, 0) is 13.0 Å². The van der Waals surface area contributed by atoms with E-state index in [9.17, 15) is 4.79 Å². The second-order valence-corrected chi connectivity index (χ2v) is 4.10. The van der Waals surface area contributed by atoms with Crippen LogP contribution in [0.3, 0.4) is 0 Å². The molecule has 4 heteroatoms. The number of carbonyl (C=O) groups is 1. The Kier molecular flexibility index (Phi) is 8.05. The summed E-state index contributed by atoms with van der Waals surface area (Å²) < 4.78 is 9.96. The van der Waals surface area contributed by atoms with Gasteiger partial charge in [-0.25, -0.2) is 4.79 Å². The van der Waals surface area contributed by atoms with Gasteiger partial charge < -0.3 is 9.47 Å². The quantitative estimate of drug-likeness (QED) is 0.249. The first-order valence-corrected chi connectivity index (χ1v) is 6.18. The van der Waals surface area contributed by atoms with Crippen LogP contribution in [-0.4, -0.2) is 34.9 Å². The second-order valence-electron chi connectivity index (χ2n) is 2.28. The van der Waals surface area contributed by atoms with Gasteiger partial charge in [-0.2, -0.15) is 0 Å². The van der Waals surface area contributed by atoms with E-state index < -0.39 is 0 Å². The summed E-state index contributed by atoms with van der Waals surface area (Å²) in [6, 6.07) is 0.986. The number of hydrogen-bond acceptors (Lipinski definition) is 3. The summed E-state index contributed by atoms with van der Waals surface area (Å²) in [7, 11) is -0.184. The molecule has 0 radical (unpaired) electrons. The summed E-state index contributed by atoms with van der Waals surface area (Å²) in [5.41, 5.74) is 0. The molecule has 0 saturated heterocycles. The molecule has 0 rings (SSSR count). The smallest absolute Gasteiger partial charge is 0.330 e. The van der Waals surface area contributed by atoms with E-state index in [0.29, 0.717) is 6.61 Å². The van der Waals surface area contributed by atoms with Gasteiger partial charge >= 0.3 is 5.97 Å². The highest BCUT2D eigenvalue weighted by atomic mass is 28.2. The van der Waals surface area contributed by atoms with E-state index in [1.165, 1.54) is 6.08 Å². The maximum atomic E-state index is 10.5. The van der Waals surface area contributed by atoms with Crippen molar-refractivity contribution in [1.29, 1.82) is 0 Å². The average molecular weight is 188 g/mol. The predicted molar refractivity (Wildman–Crippen MR) is 51.0 cm³/mol. The average Bonchev–Trinajstić information content (AvgIpc) is 2.10. The number of hydrogen-bond donors (Lipinski definition) is 0. The van der Waals surface area contributed by atoms with Crippen LogP contribution in [0.15, 0.2) is 12.7 Å². The Hall–Kier alpha value is -0.613. The van der Waals surface area contributed by atoms with Crippen LogP contribution in [0.2, 0.25) is 6.04 Å². The van der Waals surface area contributed by atoms with Gasteiger partial charge in [0.2, 0.25) is 0 Å². The Morgan fingerprint density at radius 1 is 1.67 bits per heavy atom. The van der Waals surface area contributed by atoms with Gasteiger partial charge in [-0.1, -0.05) is 6.58 Å². The molecule has 0 saturated carbocycles. The Bertz CT molecular complexity index is 136. The van der Waals surface area contributed by atoms with Crippen LogP contribution in [0.4, 0.5) is 0 Å². The first-order chi connectivity index (χ1) is 5.81. The summed E-state index contributed by atoms with van der Waals surface area (Å²) in [4.78, 5) is 10.5. The van der Waals surface area contributed by atoms with E-state index in [1.807, 2.05) is 6.92 Å². The highest BCUT2D eigenvalue weighted by molar-refractivity contribution is 6.35. The third-order valence-corrected chi connectivity index (χ3v) is 2.66. The van der Waals surface area contributed by atoms with E-state index in [1.54, 1.807) is 0 Å². The summed E-state index contributed by atoms with van der Waals surface area (Å²) in [6.07, 6.45) is 2.06. The van der Waals surface area contributed by atoms with Crippen molar-refractivity contribution in [1.82, 2.24) is 0 Å². The molecule has 0 atom stereocenters. The lowest BCUT2D eigenvalue weighted by Gasteiger charge is -2.01. The van der Waals surface area contributed by atoms with Crippen molar-refractivity contribution >= 4 is 15.5 Å². The van der Waals surface area contributed by atoms with Gasteiger partial charge in [0.05, 0.1) is 16.1 Å². The minimum Gasteiger partial charge on any atom is -0.463 e. The van der Waals surface area contributed by atoms with Gasteiger partial charge in [-0.3, -0.25) is 0 Å². The molecule has 3 nitrogen and oxygen atoms in total. The molecule has 0 bridgehead atoms. The largest absolute Gasteiger partial charge is 0.463 e. The normalized spacial score (nSPS) is 10.4. The van der Waals surface area contributed by atoms with E-state index in [-0.39, 0.29) is 15.5 Å². The molecule has 0 aliphatic rings. The zero-order valence-electron chi connectivity index (χ0n) is 7.54. The molecule has 70 valence electrons. The highest BCUT2D eigenvalue weighted by Gasteiger charge is 1.94. The van der Waals surface area contributed by atoms with Crippen molar-refractivity contribution in [2.24, 2.45) is 0 Å². The molecule has 0 aromatic carbocycles. The molecule has 0 fully saturated rings. The molecular weight excluding hydrogens is 172 g/mol. The highest BCUT2D eigenvalue weighted by Crippen LogP contribution is 1.85. The van der Waals surface area contributed by atoms with Crippen LogP contribution in [0.25, 0.3) is 0 Å². The van der Waals surface area contributed by atoms with Gasteiger partial charge in [0.15, 0.2) is 0 Å². The summed E-state index contributed by atoms with van der Waals surface area (Å²) in [5, 5.41) is 0. The molecule has 0 heterocycles. The standard InChI is InChI=1S/C8H16O3Si/c1-3-8(9)11-5-6-12-7-10-4-2/h3H,1,4-7,12H2,2H3. The van der Waals surface area contributed by atoms with Crippen molar-refractivity contribution < 1.29 is 14.3 Å². The van der Waals surface area contributed by atoms with E-state index in [2.05, 4.69) is 6.58 Å². The summed E-state index contributed by atoms with van der Waals surface area (Å²) >= 11 is 0. The van der Waals surface area contributed by atoms with E-state index in [0.717, 1.165) is 18.9 Å². The van der Waals surface area contributed by atoms with Crippen LogP contribution in [0.1, 0.15) is 6.92 Å². The lowest BCUT2D eigenvalue weighted by molar-refractivity contribution is -0.137. The number of ether oxygens (including phenoxy) is 2. The topological polar surface area (TPSA) is 35.5 Å². The SMILES string of the molecule is C=CC(=O)OCC[SiH2]COCC. The predicted octanol–water partition coefficient (Wildman–Crippen LogP) is 0.297. The van der Waals surface area contributed by atoms with Gasteiger partial charge in [-0.15, -0.1) is 0 Å². The Morgan fingerprint density at radius 3 is 3.00 bits per heavy atom. The fourth-order valence-electron chi connectivity index (χ4n) is 0.682. The molecule has 0 unspecified atom stereocenters. The Morgan fingerprint density at radius 2 is 2.42 bits per heavy atom. The number of esters is 1. The van der Waals surface area contributed by atoms with E-state index >= 15 is 0 Å². The fourth-order valence-corrected chi connectivity index (χ4v) is 1.73. The molecule has 0 aliphatic heterocycles. The van der Waals surface area contributed by atoms with Crippen molar-refractivity contribution in [3.63, 3.8) is 0 Å². The molecule has 12 heavy (non-hydrogen) atoms. The number of carbonyl (C=O) groups excluding carboxylic acids is 1. The van der Waals surface area contributed by atoms with Gasteiger partial charge in [0.1, 0.15) is 0 Å². The molecule has 0 spiro atoms. The minimum atomic E-state index is -0.333. The van der Waals surface area contributed by atoms with Gasteiger partial charge in [0.25, 0.3) is 0 Å². The minimum absolute atomic E-state index is 0.184. The van der Waals surface area contributed by atoms with Crippen LogP contribution in [-0.2, 0) is 14.3 Å². The lowest BCUT2D eigenvalue weighted by atomic mass is 10.6. The monoisotopic (exact) mass is 188 g/mol. The zero-order valence-corrected chi connectivity index (χ0v) is 8.96. The van der Waals surface area contributed by atoms with Crippen LogP contribution in [0, 0.1) is 0 Å². The third-order valence-electron chi connectivity index (χ3n) is 1.30. The first-order valence-electron chi connectivity index (χ1n) is 4.18. The van der Waals surface area contributed by atoms with E-state index in [4.69, 9.17) is 9.47 Å². The van der Waals surface area contributed by atoms with Crippen molar-refractivity contribution in [3.05, 3.63) is 12.7 Å². The first kappa shape index (κ1) is 11.4. The van der Waals surface area contributed by atoms with Crippen molar-refractivity contribution in [2.75, 3.05) is 19.4 Å². The summed E-state index contributed by atoms with van der Waals surface area (Å²) in [6.45, 7) is 6.57. The van der Waals surface area contributed by atoms with Crippen LogP contribution < -0.4 is 0 Å². The second kappa shape index (κ2) is 8.48. The number of rotatable bonds is 7. The van der Waals surface area contributed by atoms with Crippen molar-refractivity contribution in [3.8, 4) is 0 Å². The third kappa shape index (κ3) is 7.49. The molecule has 0 aromatic rings. The maximum absolute atomic E-state index is 10.5. The fraction of sp³-hybridized carbons (Fsp3) is 0.625. The van der Waals surface area contributed by atoms with Crippen molar-refractivity contribution in [2.45, 2.75) is 13.0 Å². The molecule has 0 aromatic heterocycles. The lowest BCUT2D eigenvalue weighted by Crippen LogP contribution is -2.08. The molecular formula is C8H16O3Si. The Labute approximate surface area is 75.6 Å².